The molecule has 266 valence electrons. The zero-order chi connectivity index (χ0) is 34.9. The monoisotopic (exact) mass is 682 g/mol. The second kappa shape index (κ2) is 16.6. The summed E-state index contributed by atoms with van der Waals surface area (Å²) in [5, 5.41) is 0. The van der Waals surface area contributed by atoms with Crippen LogP contribution in [0.5, 0.6) is 5.75 Å². The number of rotatable bonds is 7. The van der Waals surface area contributed by atoms with E-state index in [9.17, 15) is 4.39 Å². The van der Waals surface area contributed by atoms with E-state index in [-0.39, 0.29) is 16.9 Å². The Labute approximate surface area is 305 Å². The van der Waals surface area contributed by atoms with Gasteiger partial charge in [0.25, 0.3) is 0 Å². The molecule has 0 unspecified atom stereocenters. The van der Waals surface area contributed by atoms with Gasteiger partial charge >= 0.3 is 0 Å². The Bertz CT molecular complexity index is 1750. The van der Waals surface area contributed by atoms with Crippen LogP contribution < -0.4 is 4.74 Å². The van der Waals surface area contributed by atoms with Crippen molar-refractivity contribution in [3.05, 3.63) is 149 Å². The van der Waals surface area contributed by atoms with Crippen LogP contribution in [0.25, 0.3) is 11.1 Å². The first-order chi connectivity index (χ1) is 25.1. The van der Waals surface area contributed by atoms with E-state index in [1.807, 2.05) is 18.2 Å². The first kappa shape index (κ1) is 35.4. The minimum atomic E-state index is -0.160. The van der Waals surface area contributed by atoms with Crippen LogP contribution >= 0.6 is 0 Å². The van der Waals surface area contributed by atoms with E-state index in [4.69, 9.17) is 4.74 Å². The molecule has 4 heteroatoms. The van der Waals surface area contributed by atoms with E-state index in [0.717, 1.165) is 44.8 Å². The summed E-state index contributed by atoms with van der Waals surface area (Å²) in [6, 6.07) is 37.6. The van der Waals surface area contributed by atoms with Crippen molar-refractivity contribution in [3.8, 4) is 5.75 Å². The lowest BCUT2D eigenvalue weighted by Gasteiger charge is -2.48. The molecule has 4 aliphatic rings. The van der Waals surface area contributed by atoms with Gasteiger partial charge < -0.3 is 4.74 Å². The Morgan fingerprint density at radius 3 is 1.47 bits per heavy atom. The lowest BCUT2D eigenvalue weighted by molar-refractivity contribution is 0.0568. The molecule has 2 heterocycles. The summed E-state index contributed by atoms with van der Waals surface area (Å²) in [5.41, 5.74) is 8.62. The first-order valence-corrected chi connectivity index (χ1v) is 19.5. The average Bonchev–Trinajstić information content (AvgIpc) is 3.22. The third-order valence-electron chi connectivity index (χ3n) is 12.3. The standard InChI is InChI=1S/C24H29NO.C23H26FN/c1-26-23-13-7-6-12-22(23)20-14-18-25(19-15-20)24(16-8-3-9-17-24)21-10-4-2-5-11-21;24-22-11-9-19(10-12-22)20-13-17-25(18-14-20)23(15-5-2-6-16-23)21-7-3-1-4-8-21/h2,4-7,10-14H,3,8-9,15-19H2,1H3;1,3-4,7-13H,2,5-6,14-18H2. The van der Waals surface area contributed by atoms with Crippen molar-refractivity contribution in [3.63, 3.8) is 0 Å². The van der Waals surface area contributed by atoms with Crippen molar-refractivity contribution in [2.24, 2.45) is 0 Å². The zero-order valence-electron chi connectivity index (χ0n) is 30.5. The van der Waals surface area contributed by atoms with Crippen LogP contribution in [-0.2, 0) is 11.1 Å². The predicted octanol–water partition coefficient (Wildman–Crippen LogP) is 11.4. The number of ether oxygens (including phenoxy) is 1. The maximum absolute atomic E-state index is 13.2. The van der Waals surface area contributed by atoms with Gasteiger partial charge in [-0.05, 0) is 84.6 Å². The molecule has 0 atom stereocenters. The number of hydrogen-bond donors (Lipinski definition) is 0. The summed E-state index contributed by atoms with van der Waals surface area (Å²) in [6.45, 7) is 4.22. The molecule has 0 N–H and O–H groups in total. The maximum Gasteiger partial charge on any atom is 0.126 e. The van der Waals surface area contributed by atoms with Gasteiger partial charge in [0.2, 0.25) is 0 Å². The number of benzene rings is 4. The fourth-order valence-electron chi connectivity index (χ4n) is 9.54. The number of methoxy groups -OCH3 is 1. The minimum absolute atomic E-state index is 0.160. The molecular formula is C47H55FN2O. The Morgan fingerprint density at radius 2 is 1.00 bits per heavy atom. The molecule has 2 fully saturated rings. The highest BCUT2D eigenvalue weighted by atomic mass is 19.1. The molecular weight excluding hydrogens is 628 g/mol. The van der Waals surface area contributed by atoms with Crippen LogP contribution in [-0.4, -0.2) is 43.1 Å². The van der Waals surface area contributed by atoms with Gasteiger partial charge in [0, 0.05) is 42.8 Å². The Hall–Kier alpha value is -3.99. The van der Waals surface area contributed by atoms with E-state index in [0.29, 0.717) is 0 Å². The summed E-state index contributed by atoms with van der Waals surface area (Å²) < 4.78 is 18.7. The average molecular weight is 683 g/mol. The summed E-state index contributed by atoms with van der Waals surface area (Å²) in [6.07, 6.45) is 20.1. The first-order valence-electron chi connectivity index (χ1n) is 19.5. The summed E-state index contributed by atoms with van der Waals surface area (Å²) in [4.78, 5) is 5.43. The van der Waals surface area contributed by atoms with Crippen LogP contribution in [0.1, 0.15) is 99.3 Å². The molecule has 4 aromatic carbocycles. The molecule has 51 heavy (non-hydrogen) atoms. The highest BCUT2D eigenvalue weighted by Crippen LogP contribution is 2.45. The summed E-state index contributed by atoms with van der Waals surface area (Å²) in [5.74, 6) is 0.828. The molecule has 2 saturated carbocycles. The van der Waals surface area contributed by atoms with Crippen molar-refractivity contribution >= 4 is 11.1 Å². The van der Waals surface area contributed by atoms with Gasteiger partial charge in [0.15, 0.2) is 0 Å². The lowest BCUT2D eigenvalue weighted by atomic mass is 9.74. The van der Waals surface area contributed by atoms with Gasteiger partial charge in [-0.15, -0.1) is 0 Å². The van der Waals surface area contributed by atoms with Crippen LogP contribution in [0.3, 0.4) is 0 Å². The third-order valence-corrected chi connectivity index (χ3v) is 12.3. The zero-order valence-corrected chi connectivity index (χ0v) is 30.5. The van der Waals surface area contributed by atoms with Crippen LogP contribution in [0, 0.1) is 5.82 Å². The van der Waals surface area contributed by atoms with Crippen LogP contribution in [0.2, 0.25) is 0 Å². The molecule has 2 aliphatic carbocycles. The Balaban J connectivity index is 0.000000159. The highest BCUT2D eigenvalue weighted by molar-refractivity contribution is 5.71. The summed E-state index contributed by atoms with van der Waals surface area (Å²) >= 11 is 0. The molecule has 0 amide bonds. The number of halogens is 1. The molecule has 0 saturated heterocycles. The maximum atomic E-state index is 13.2. The third kappa shape index (κ3) is 7.78. The lowest BCUT2D eigenvalue weighted by Crippen LogP contribution is -2.49. The van der Waals surface area contributed by atoms with E-state index in [1.165, 1.54) is 97.6 Å². The van der Waals surface area contributed by atoms with Gasteiger partial charge in [0.1, 0.15) is 11.6 Å². The second-order valence-electron chi connectivity index (χ2n) is 15.0. The van der Waals surface area contributed by atoms with Crippen LogP contribution in [0.15, 0.2) is 121 Å². The molecule has 4 aromatic rings. The van der Waals surface area contributed by atoms with E-state index in [1.54, 1.807) is 19.2 Å². The smallest absolute Gasteiger partial charge is 0.126 e. The van der Waals surface area contributed by atoms with E-state index in [2.05, 4.69) is 101 Å². The molecule has 0 spiro atoms. The van der Waals surface area contributed by atoms with E-state index < -0.39 is 0 Å². The van der Waals surface area contributed by atoms with Gasteiger partial charge in [-0.2, -0.15) is 0 Å². The summed E-state index contributed by atoms with van der Waals surface area (Å²) in [7, 11) is 1.76. The number of para-hydroxylation sites is 1. The molecule has 2 aliphatic heterocycles. The topological polar surface area (TPSA) is 15.7 Å². The number of nitrogens with zero attached hydrogens (tertiary/aromatic N) is 2. The Kier molecular flexibility index (Phi) is 11.5. The van der Waals surface area contributed by atoms with Gasteiger partial charge in [-0.25, -0.2) is 4.39 Å². The Morgan fingerprint density at radius 1 is 0.529 bits per heavy atom. The highest BCUT2D eigenvalue weighted by Gasteiger charge is 2.41. The van der Waals surface area contributed by atoms with Crippen molar-refractivity contribution < 1.29 is 9.13 Å². The van der Waals surface area contributed by atoms with Gasteiger partial charge in [-0.1, -0.05) is 142 Å². The molecule has 0 bridgehead atoms. The molecule has 0 aromatic heterocycles. The number of hydrogen-bond acceptors (Lipinski definition) is 3. The fourth-order valence-corrected chi connectivity index (χ4v) is 9.54. The molecule has 0 radical (unpaired) electrons. The quantitative estimate of drug-likeness (QED) is 0.193. The van der Waals surface area contributed by atoms with Crippen molar-refractivity contribution in [2.75, 3.05) is 33.3 Å². The predicted molar refractivity (Wildman–Crippen MR) is 210 cm³/mol. The minimum Gasteiger partial charge on any atom is -0.496 e. The molecule has 3 nitrogen and oxygen atoms in total. The second-order valence-corrected chi connectivity index (χ2v) is 15.0. The van der Waals surface area contributed by atoms with Gasteiger partial charge in [0.05, 0.1) is 7.11 Å². The normalized spacial score (nSPS) is 20.7. The van der Waals surface area contributed by atoms with E-state index >= 15 is 0 Å². The van der Waals surface area contributed by atoms with Crippen molar-refractivity contribution in [1.29, 1.82) is 0 Å². The van der Waals surface area contributed by atoms with Crippen LogP contribution in [0.4, 0.5) is 4.39 Å². The van der Waals surface area contributed by atoms with Crippen molar-refractivity contribution in [1.82, 2.24) is 9.80 Å². The largest absolute Gasteiger partial charge is 0.496 e. The molecule has 8 rings (SSSR count). The SMILES string of the molecule is COc1ccccc1C1=CCN(C2(c3ccccc3)CCCCC2)CC1.Fc1ccc(C2=CCN(C3(c4ccccc4)CCCCC3)CC2)cc1. The van der Waals surface area contributed by atoms with Crippen molar-refractivity contribution in [2.45, 2.75) is 88.1 Å². The fraction of sp³-hybridized carbons (Fsp3) is 0.404. The van der Waals surface area contributed by atoms with Gasteiger partial charge in [-0.3, -0.25) is 9.80 Å².